The van der Waals surface area contributed by atoms with Crippen molar-refractivity contribution >= 4 is 17.1 Å². The molecular formula is C15H18O3S. The Hall–Kier alpha value is -1.26. The van der Waals surface area contributed by atoms with Gasteiger partial charge in [0.1, 0.15) is 6.10 Å². The van der Waals surface area contributed by atoms with Crippen molar-refractivity contribution < 1.29 is 13.2 Å². The zero-order chi connectivity index (χ0) is 13.8. The summed E-state index contributed by atoms with van der Waals surface area (Å²) in [5.74, 6) is 1.42. The van der Waals surface area contributed by atoms with Gasteiger partial charge in [-0.15, -0.1) is 0 Å². The maximum absolute atomic E-state index is 8.29. The molecule has 0 aromatic heterocycles. The highest BCUT2D eigenvalue weighted by Crippen LogP contribution is 2.45. The number of allylic oxidation sites excluding steroid dienone is 1. The highest BCUT2D eigenvalue weighted by Gasteiger charge is 2.48. The number of epoxide rings is 1. The first-order valence-corrected chi connectivity index (χ1v) is 7.18. The lowest BCUT2D eigenvalue weighted by molar-refractivity contribution is 0.274. The van der Waals surface area contributed by atoms with Gasteiger partial charge in [0.05, 0.1) is 6.10 Å². The minimum atomic E-state index is -0.750. The summed E-state index contributed by atoms with van der Waals surface area (Å²) in [5, 5.41) is 0. The maximum Gasteiger partial charge on any atom is 0.335 e. The molecule has 1 aliphatic heterocycles. The van der Waals surface area contributed by atoms with Crippen molar-refractivity contribution in [3.05, 3.63) is 42.0 Å². The van der Waals surface area contributed by atoms with Gasteiger partial charge in [0.15, 0.2) is 0 Å². The van der Waals surface area contributed by atoms with Gasteiger partial charge in [-0.1, -0.05) is 50.3 Å². The number of rotatable bonds is 1. The van der Waals surface area contributed by atoms with Crippen LogP contribution in [-0.4, -0.2) is 20.6 Å². The van der Waals surface area contributed by atoms with Crippen LogP contribution < -0.4 is 0 Å². The Morgan fingerprint density at radius 2 is 1.79 bits per heavy atom. The van der Waals surface area contributed by atoms with Crippen LogP contribution >= 0.6 is 0 Å². The standard InChI is InChI=1S/C15H18O.O2S/c1-10-8-9-13(12-6-4-3-5-7-12)15-14(16-15)11(10)2;1-3-2/h3-7,9-11,14-15H,8H2,1-2H3;. The third-order valence-electron chi connectivity index (χ3n) is 4.06. The highest BCUT2D eigenvalue weighted by atomic mass is 32.1. The first kappa shape index (κ1) is 14.2. The second-order valence-electron chi connectivity index (χ2n) is 5.19. The normalized spacial score (nSPS) is 32.0. The molecule has 1 aromatic carbocycles. The minimum absolute atomic E-state index is 0.363. The summed E-state index contributed by atoms with van der Waals surface area (Å²) in [6.07, 6.45) is 4.39. The third-order valence-corrected chi connectivity index (χ3v) is 4.06. The molecule has 1 fully saturated rings. The summed E-state index contributed by atoms with van der Waals surface area (Å²) < 4.78 is 22.4. The van der Waals surface area contributed by atoms with Crippen molar-refractivity contribution in [2.75, 3.05) is 0 Å². The van der Waals surface area contributed by atoms with Gasteiger partial charge < -0.3 is 4.74 Å². The molecule has 102 valence electrons. The Morgan fingerprint density at radius 1 is 1.16 bits per heavy atom. The molecule has 1 heterocycles. The summed E-state index contributed by atoms with van der Waals surface area (Å²) in [6, 6.07) is 10.6. The minimum Gasteiger partial charge on any atom is -0.364 e. The van der Waals surface area contributed by atoms with E-state index < -0.39 is 11.6 Å². The number of hydrogen-bond acceptors (Lipinski definition) is 3. The summed E-state index contributed by atoms with van der Waals surface area (Å²) in [6.45, 7) is 4.64. The van der Waals surface area contributed by atoms with Crippen LogP contribution in [0.2, 0.25) is 0 Å². The fraction of sp³-hybridized carbons (Fsp3) is 0.467. The second-order valence-corrected chi connectivity index (χ2v) is 5.32. The Labute approximate surface area is 117 Å². The quantitative estimate of drug-likeness (QED) is 0.742. The highest BCUT2D eigenvalue weighted by molar-refractivity contribution is 7.51. The van der Waals surface area contributed by atoms with E-state index in [-0.39, 0.29) is 0 Å². The molecule has 4 atom stereocenters. The largest absolute Gasteiger partial charge is 0.364 e. The van der Waals surface area contributed by atoms with Crippen LogP contribution in [0.25, 0.3) is 5.57 Å². The Morgan fingerprint density at radius 3 is 2.42 bits per heavy atom. The van der Waals surface area contributed by atoms with Gasteiger partial charge in [-0.05, 0) is 29.4 Å². The maximum atomic E-state index is 8.29. The molecule has 4 unspecified atom stereocenters. The Balaban J connectivity index is 0.000000408. The molecule has 2 aliphatic rings. The van der Waals surface area contributed by atoms with Gasteiger partial charge in [0, 0.05) is 0 Å². The monoisotopic (exact) mass is 278 g/mol. The van der Waals surface area contributed by atoms with Crippen LogP contribution in [0.4, 0.5) is 0 Å². The van der Waals surface area contributed by atoms with Gasteiger partial charge in [0.2, 0.25) is 0 Å². The molecule has 4 heteroatoms. The fourth-order valence-electron chi connectivity index (χ4n) is 2.65. The van der Waals surface area contributed by atoms with Crippen molar-refractivity contribution in [1.29, 1.82) is 0 Å². The lowest BCUT2D eigenvalue weighted by Gasteiger charge is -2.14. The molecule has 19 heavy (non-hydrogen) atoms. The summed E-state index contributed by atoms with van der Waals surface area (Å²) in [7, 11) is 0. The van der Waals surface area contributed by atoms with Crippen molar-refractivity contribution in [2.45, 2.75) is 32.5 Å². The molecule has 0 radical (unpaired) electrons. The van der Waals surface area contributed by atoms with Crippen LogP contribution in [0.3, 0.4) is 0 Å². The molecule has 0 amide bonds. The molecule has 1 aliphatic carbocycles. The van der Waals surface area contributed by atoms with Crippen LogP contribution in [0.1, 0.15) is 25.8 Å². The molecule has 0 bridgehead atoms. The van der Waals surface area contributed by atoms with Gasteiger partial charge in [-0.3, -0.25) is 0 Å². The van der Waals surface area contributed by atoms with Crippen LogP contribution in [0.5, 0.6) is 0 Å². The first-order valence-electron chi connectivity index (χ1n) is 6.51. The average Bonchev–Trinajstić information content (AvgIpc) is 3.20. The van der Waals surface area contributed by atoms with Gasteiger partial charge in [-0.2, -0.15) is 8.42 Å². The summed E-state index contributed by atoms with van der Waals surface area (Å²) >= 11 is -0.750. The molecule has 0 N–H and O–H groups in total. The van der Waals surface area contributed by atoms with E-state index in [4.69, 9.17) is 13.2 Å². The van der Waals surface area contributed by atoms with E-state index in [9.17, 15) is 0 Å². The number of hydrogen-bond donors (Lipinski definition) is 0. The van der Waals surface area contributed by atoms with Crippen molar-refractivity contribution in [3.63, 3.8) is 0 Å². The molecule has 0 saturated carbocycles. The molecule has 3 rings (SSSR count). The smallest absolute Gasteiger partial charge is 0.335 e. The van der Waals surface area contributed by atoms with E-state index in [1.165, 1.54) is 17.6 Å². The van der Waals surface area contributed by atoms with Gasteiger partial charge in [-0.25, -0.2) is 0 Å². The molecule has 0 spiro atoms. The lowest BCUT2D eigenvalue weighted by atomic mass is 9.91. The Bertz CT molecular complexity index is 491. The summed E-state index contributed by atoms with van der Waals surface area (Å²) in [5.41, 5.74) is 2.73. The molecule has 1 aromatic rings. The van der Waals surface area contributed by atoms with Crippen molar-refractivity contribution in [2.24, 2.45) is 11.8 Å². The molecule has 3 nitrogen and oxygen atoms in total. The number of benzene rings is 1. The Kier molecular flexibility index (Phi) is 4.66. The van der Waals surface area contributed by atoms with Gasteiger partial charge >= 0.3 is 11.6 Å². The van der Waals surface area contributed by atoms with Crippen molar-refractivity contribution in [1.82, 2.24) is 0 Å². The average molecular weight is 278 g/mol. The van der Waals surface area contributed by atoms with Gasteiger partial charge in [0.25, 0.3) is 0 Å². The fourth-order valence-corrected chi connectivity index (χ4v) is 2.65. The topological polar surface area (TPSA) is 46.7 Å². The third kappa shape index (κ3) is 3.19. The number of fused-ring (bicyclic) bond motifs is 1. The number of ether oxygens (including phenoxy) is 1. The lowest BCUT2D eigenvalue weighted by Crippen LogP contribution is -2.13. The van der Waals surface area contributed by atoms with E-state index in [0.717, 1.165) is 5.92 Å². The van der Waals surface area contributed by atoms with Crippen LogP contribution in [0, 0.1) is 11.8 Å². The van der Waals surface area contributed by atoms with E-state index >= 15 is 0 Å². The van der Waals surface area contributed by atoms with E-state index in [0.29, 0.717) is 18.1 Å². The van der Waals surface area contributed by atoms with Crippen molar-refractivity contribution in [3.8, 4) is 0 Å². The van der Waals surface area contributed by atoms with E-state index in [2.05, 4.69) is 50.3 Å². The second kappa shape index (κ2) is 6.26. The zero-order valence-corrected chi connectivity index (χ0v) is 11.9. The van der Waals surface area contributed by atoms with E-state index in [1.54, 1.807) is 0 Å². The molecular weight excluding hydrogens is 260 g/mol. The predicted octanol–water partition coefficient (Wildman–Crippen LogP) is 2.84. The van der Waals surface area contributed by atoms with E-state index in [1.807, 2.05) is 0 Å². The van der Waals surface area contributed by atoms with Crippen LogP contribution in [0.15, 0.2) is 36.4 Å². The summed E-state index contributed by atoms with van der Waals surface area (Å²) in [4.78, 5) is 0. The first-order chi connectivity index (χ1) is 9.19. The predicted molar refractivity (Wildman–Crippen MR) is 74.9 cm³/mol. The SMILES string of the molecule is CC1CC=C(c2ccccc2)C2OC2C1C.O=S=O. The zero-order valence-electron chi connectivity index (χ0n) is 11.1. The van der Waals surface area contributed by atoms with Crippen LogP contribution in [-0.2, 0) is 16.3 Å². The molecule has 1 saturated heterocycles.